The molecule has 0 saturated carbocycles. The number of fused-ring (bicyclic) bond motifs is 2. The summed E-state index contributed by atoms with van der Waals surface area (Å²) in [5, 5.41) is 17.6. The number of carboxylic acids is 1. The van der Waals surface area contributed by atoms with Gasteiger partial charge in [0.05, 0.1) is 25.4 Å². The summed E-state index contributed by atoms with van der Waals surface area (Å²) in [7, 11) is 0. The number of nitrogens with two attached hydrogens (primary N) is 1. The molecule has 42 heavy (non-hydrogen) atoms. The first-order valence-electron chi connectivity index (χ1n) is 16.7. The van der Waals surface area contributed by atoms with Crippen LogP contribution in [-0.4, -0.2) is 72.1 Å². The molecule has 5 atom stereocenters. The molecule has 2 fully saturated rings. The van der Waals surface area contributed by atoms with Gasteiger partial charge in [-0.25, -0.2) is 4.79 Å². The maximum absolute atomic E-state index is 11.6. The van der Waals surface area contributed by atoms with Crippen LogP contribution in [0.3, 0.4) is 0 Å². The summed E-state index contributed by atoms with van der Waals surface area (Å²) < 4.78 is 24.0. The number of hydrogen-bond acceptors (Lipinski definition) is 8. The number of aliphatic hydroxyl groups is 1. The third kappa shape index (κ3) is 15.8. The number of unbranched alkanes of at least 4 members (excludes halogenated alkanes) is 14. The number of carboxylic acid groups (broad SMARTS) is 1. The Morgan fingerprint density at radius 2 is 1.55 bits per heavy atom. The van der Waals surface area contributed by atoms with Crippen molar-refractivity contribution < 1.29 is 38.7 Å². The number of hydrogen-bond donors (Lipinski definition) is 3. The molecule has 244 valence electrons. The SMILES string of the molecule is CC(=O)O[C@H]1CC[C@@]2(CCCCCCCCCCCCCCCOCC(N)CO)O[C@@H]1[C@H](CCCC/C=C/C(=O)O)O2. The van der Waals surface area contributed by atoms with E-state index >= 15 is 0 Å². The van der Waals surface area contributed by atoms with Crippen LogP contribution in [-0.2, 0) is 28.5 Å². The van der Waals surface area contributed by atoms with Crippen molar-refractivity contribution in [3.63, 3.8) is 0 Å². The highest BCUT2D eigenvalue weighted by Crippen LogP contribution is 2.45. The van der Waals surface area contributed by atoms with Crippen LogP contribution in [0.1, 0.15) is 135 Å². The Bertz CT molecular complexity index is 762. The van der Waals surface area contributed by atoms with Gasteiger partial charge >= 0.3 is 11.9 Å². The summed E-state index contributed by atoms with van der Waals surface area (Å²) in [6, 6.07) is -0.256. The lowest BCUT2D eigenvalue weighted by Crippen LogP contribution is -2.43. The van der Waals surface area contributed by atoms with Gasteiger partial charge in [-0.05, 0) is 38.5 Å². The third-order valence-electron chi connectivity index (χ3n) is 8.36. The first kappa shape index (κ1) is 36.7. The van der Waals surface area contributed by atoms with Crippen molar-refractivity contribution in [2.24, 2.45) is 5.73 Å². The predicted octanol–water partition coefficient (Wildman–Crippen LogP) is 6.19. The van der Waals surface area contributed by atoms with Crippen molar-refractivity contribution in [1.82, 2.24) is 0 Å². The molecule has 0 aromatic rings. The van der Waals surface area contributed by atoms with Gasteiger partial charge in [0.1, 0.15) is 12.2 Å². The highest BCUT2D eigenvalue weighted by atomic mass is 16.8. The van der Waals surface area contributed by atoms with E-state index in [2.05, 4.69) is 0 Å². The van der Waals surface area contributed by atoms with E-state index < -0.39 is 11.8 Å². The molecule has 9 nitrogen and oxygen atoms in total. The quantitative estimate of drug-likeness (QED) is 0.0605. The average Bonchev–Trinajstić information content (AvgIpc) is 3.25. The number of allylic oxidation sites excluding steroid dienone is 1. The first-order valence-corrected chi connectivity index (χ1v) is 16.7. The minimum Gasteiger partial charge on any atom is -0.478 e. The molecular formula is C33H59NO8. The largest absolute Gasteiger partial charge is 0.478 e. The second kappa shape index (κ2) is 22.1. The molecule has 0 spiro atoms. The van der Waals surface area contributed by atoms with Gasteiger partial charge in [-0.3, -0.25) is 4.79 Å². The fraction of sp³-hybridized carbons (Fsp3) is 0.879. The van der Waals surface area contributed by atoms with Crippen molar-refractivity contribution in [2.75, 3.05) is 19.8 Å². The summed E-state index contributed by atoms with van der Waals surface area (Å²) >= 11 is 0. The maximum atomic E-state index is 11.6. The van der Waals surface area contributed by atoms with E-state index in [-0.39, 0.29) is 36.9 Å². The number of aliphatic carboxylic acids is 1. The summed E-state index contributed by atoms with van der Waals surface area (Å²) in [6.45, 7) is 2.61. The van der Waals surface area contributed by atoms with E-state index in [1.807, 2.05) is 0 Å². The van der Waals surface area contributed by atoms with Gasteiger partial charge in [-0.15, -0.1) is 0 Å². The lowest BCUT2D eigenvalue weighted by molar-refractivity contribution is -0.220. The smallest absolute Gasteiger partial charge is 0.327 e. The lowest BCUT2D eigenvalue weighted by atomic mass is 9.94. The summed E-state index contributed by atoms with van der Waals surface area (Å²) in [5.74, 6) is -1.74. The zero-order chi connectivity index (χ0) is 30.5. The summed E-state index contributed by atoms with van der Waals surface area (Å²) in [6.07, 6.45) is 24.3. The number of esters is 1. The average molecular weight is 598 g/mol. The molecule has 2 saturated heterocycles. The zero-order valence-corrected chi connectivity index (χ0v) is 26.1. The van der Waals surface area contributed by atoms with Gasteiger partial charge in [-0.2, -0.15) is 0 Å². The molecular weight excluding hydrogens is 538 g/mol. The van der Waals surface area contributed by atoms with Gasteiger partial charge in [0.15, 0.2) is 5.79 Å². The van der Waals surface area contributed by atoms with Crippen LogP contribution in [0.2, 0.25) is 0 Å². The van der Waals surface area contributed by atoms with E-state index in [1.165, 1.54) is 83.6 Å². The number of carbonyl (C=O) groups is 2. The molecule has 2 aliphatic rings. The minimum absolute atomic E-state index is 0.0188. The van der Waals surface area contributed by atoms with Crippen LogP contribution in [0.4, 0.5) is 0 Å². The first-order chi connectivity index (χ1) is 20.3. The van der Waals surface area contributed by atoms with Crippen LogP contribution in [0.15, 0.2) is 12.2 Å². The van der Waals surface area contributed by atoms with Crippen LogP contribution < -0.4 is 5.73 Å². The molecule has 2 heterocycles. The predicted molar refractivity (Wildman–Crippen MR) is 163 cm³/mol. The second-order valence-corrected chi connectivity index (χ2v) is 12.2. The van der Waals surface area contributed by atoms with E-state index in [9.17, 15) is 9.59 Å². The molecule has 1 unspecified atom stereocenters. The molecule has 9 heteroatoms. The van der Waals surface area contributed by atoms with Gasteiger partial charge in [0, 0.05) is 32.4 Å². The highest BCUT2D eigenvalue weighted by Gasteiger charge is 2.54. The normalized spacial score (nSPS) is 24.3. The van der Waals surface area contributed by atoms with E-state index in [0.29, 0.717) is 6.61 Å². The number of aliphatic hydroxyl groups excluding tert-OH is 1. The molecule has 0 aromatic heterocycles. The number of carbonyl (C=O) groups excluding carboxylic acids is 1. The number of ether oxygens (including phenoxy) is 4. The van der Waals surface area contributed by atoms with Gasteiger partial charge < -0.3 is 34.9 Å². The molecule has 0 aromatic carbocycles. The molecule has 2 aliphatic heterocycles. The third-order valence-corrected chi connectivity index (χ3v) is 8.36. The molecule has 2 rings (SSSR count). The monoisotopic (exact) mass is 597 g/mol. The van der Waals surface area contributed by atoms with Gasteiger partial charge in [0.2, 0.25) is 0 Å². The van der Waals surface area contributed by atoms with Crippen molar-refractivity contribution >= 4 is 11.9 Å². The standard InChI is InChI=1S/C33H59NO8/c1-27(36)40-29-21-23-33(41-30(32(29)42-33)19-15-11-12-16-20-31(37)38)22-17-13-9-7-5-3-2-4-6-8-10-14-18-24-39-26-28(34)25-35/h16,20,28-30,32,35H,2-15,17-19,21-26,34H2,1H3,(H,37,38)/b20-16+/t28?,29-,30-,32-,33+/m0/s1. The van der Waals surface area contributed by atoms with Crippen LogP contribution in [0.25, 0.3) is 0 Å². The highest BCUT2D eigenvalue weighted by molar-refractivity contribution is 5.79. The van der Waals surface area contributed by atoms with Crippen molar-refractivity contribution in [1.29, 1.82) is 0 Å². The Kier molecular flexibility index (Phi) is 19.3. The maximum Gasteiger partial charge on any atom is 0.327 e. The van der Waals surface area contributed by atoms with E-state index in [4.69, 9.17) is 34.9 Å². The fourth-order valence-electron chi connectivity index (χ4n) is 6.08. The van der Waals surface area contributed by atoms with E-state index in [1.54, 1.807) is 6.08 Å². The molecule has 2 bridgehead atoms. The Balaban J connectivity index is 1.50. The van der Waals surface area contributed by atoms with Gasteiger partial charge in [-0.1, -0.05) is 83.1 Å². The number of rotatable bonds is 26. The summed E-state index contributed by atoms with van der Waals surface area (Å²) in [4.78, 5) is 22.3. The van der Waals surface area contributed by atoms with Crippen LogP contribution in [0, 0.1) is 0 Å². The Morgan fingerprint density at radius 3 is 2.14 bits per heavy atom. The summed E-state index contributed by atoms with van der Waals surface area (Å²) in [5.41, 5.74) is 5.61. The zero-order valence-electron chi connectivity index (χ0n) is 26.1. The van der Waals surface area contributed by atoms with Crippen molar-refractivity contribution in [2.45, 2.75) is 165 Å². The van der Waals surface area contributed by atoms with Crippen LogP contribution >= 0.6 is 0 Å². The van der Waals surface area contributed by atoms with Crippen LogP contribution in [0.5, 0.6) is 0 Å². The lowest BCUT2D eigenvalue weighted by Gasteiger charge is -2.35. The van der Waals surface area contributed by atoms with Crippen molar-refractivity contribution in [3.05, 3.63) is 12.2 Å². The van der Waals surface area contributed by atoms with E-state index in [0.717, 1.165) is 64.4 Å². The topological polar surface area (TPSA) is 138 Å². The van der Waals surface area contributed by atoms with Crippen molar-refractivity contribution in [3.8, 4) is 0 Å². The molecule has 0 amide bonds. The molecule has 4 N–H and O–H groups in total. The Labute approximate surface area is 253 Å². The molecule has 0 radical (unpaired) electrons. The second-order valence-electron chi connectivity index (χ2n) is 12.2. The van der Waals surface area contributed by atoms with Gasteiger partial charge in [0.25, 0.3) is 0 Å². The molecule has 0 aliphatic carbocycles. The minimum atomic E-state index is -0.915. The Morgan fingerprint density at radius 1 is 0.929 bits per heavy atom. The fourth-order valence-corrected chi connectivity index (χ4v) is 6.08. The Hall–Kier alpha value is -1.52.